The Kier molecular flexibility index (Phi) is 4.98. The Labute approximate surface area is 137 Å². The molecule has 122 valence electrons. The molecular weight excluding hydrogens is 288 g/mol. The minimum atomic E-state index is -0.437. The van der Waals surface area contributed by atoms with Crippen molar-refractivity contribution >= 4 is 0 Å². The van der Waals surface area contributed by atoms with Gasteiger partial charge in [-0.25, -0.2) is 9.97 Å². The smallest absolute Gasteiger partial charge is 0.178 e. The molecule has 2 heterocycles. The molecule has 0 spiro atoms. The highest BCUT2D eigenvalue weighted by Gasteiger charge is 2.30. The summed E-state index contributed by atoms with van der Waals surface area (Å²) >= 11 is 0. The monoisotopic (exact) mass is 312 g/mol. The Bertz CT molecular complexity index is 609. The van der Waals surface area contributed by atoms with E-state index in [-0.39, 0.29) is 0 Å². The topological polar surface area (TPSA) is 62.1 Å². The van der Waals surface area contributed by atoms with Crippen LogP contribution in [0.2, 0.25) is 0 Å². The second kappa shape index (κ2) is 7.15. The zero-order valence-corrected chi connectivity index (χ0v) is 13.6. The molecule has 1 N–H and O–H groups in total. The first-order valence-corrected chi connectivity index (χ1v) is 8.28. The summed E-state index contributed by atoms with van der Waals surface area (Å²) in [7, 11) is 2.07. The Morgan fingerprint density at radius 2 is 1.87 bits per heavy atom. The van der Waals surface area contributed by atoms with E-state index in [1.165, 1.54) is 0 Å². The molecule has 5 nitrogen and oxygen atoms in total. The van der Waals surface area contributed by atoms with Crippen molar-refractivity contribution in [2.45, 2.75) is 44.2 Å². The van der Waals surface area contributed by atoms with Crippen LogP contribution in [0, 0.1) is 0 Å². The van der Waals surface area contributed by atoms with Crippen LogP contribution in [-0.4, -0.2) is 44.2 Å². The minimum absolute atomic E-state index is 0.437. The summed E-state index contributed by atoms with van der Waals surface area (Å²) in [5.41, 5.74) is 1.43. The third kappa shape index (κ3) is 4.33. The van der Waals surface area contributed by atoms with Crippen molar-refractivity contribution in [3.63, 3.8) is 0 Å². The molecule has 0 unspecified atom stereocenters. The maximum atomic E-state index is 10.4. The van der Waals surface area contributed by atoms with Gasteiger partial charge in [-0.3, -0.25) is 4.98 Å². The lowest BCUT2D eigenvalue weighted by molar-refractivity contribution is 0.0297. The van der Waals surface area contributed by atoms with Crippen molar-refractivity contribution in [3.05, 3.63) is 42.4 Å². The Morgan fingerprint density at radius 3 is 2.52 bits per heavy atom. The summed E-state index contributed by atoms with van der Waals surface area (Å²) in [6.45, 7) is 1.68. The summed E-state index contributed by atoms with van der Waals surface area (Å²) in [5, 5.41) is 10.4. The Morgan fingerprint density at radius 1 is 1.13 bits per heavy atom. The first kappa shape index (κ1) is 16.0. The van der Waals surface area contributed by atoms with E-state index in [4.69, 9.17) is 0 Å². The highest BCUT2D eigenvalue weighted by atomic mass is 16.3. The van der Waals surface area contributed by atoms with Gasteiger partial charge in [-0.15, -0.1) is 0 Å². The van der Waals surface area contributed by atoms with Crippen molar-refractivity contribution in [2.24, 2.45) is 0 Å². The molecule has 2 aromatic rings. The zero-order chi connectivity index (χ0) is 16.1. The van der Waals surface area contributed by atoms with Crippen LogP contribution in [0.15, 0.2) is 36.8 Å². The molecule has 0 radical (unpaired) electrons. The van der Waals surface area contributed by atoms with E-state index in [9.17, 15) is 5.11 Å². The molecule has 0 bridgehead atoms. The van der Waals surface area contributed by atoms with Crippen molar-refractivity contribution < 1.29 is 5.11 Å². The van der Waals surface area contributed by atoms with E-state index in [1.54, 1.807) is 6.20 Å². The normalized spacial score (nSPS) is 16.8. The fraction of sp³-hybridized carbons (Fsp3) is 0.500. The predicted octanol–water partition coefficient (Wildman–Crippen LogP) is 2.67. The fourth-order valence-corrected chi connectivity index (χ4v) is 3.14. The number of pyridine rings is 1. The highest BCUT2D eigenvalue weighted by molar-refractivity contribution is 5.47. The number of hydrogen-bond donors (Lipinski definition) is 1. The van der Waals surface area contributed by atoms with Crippen molar-refractivity contribution in [3.8, 4) is 11.5 Å². The SMILES string of the molecule is CN(CCC1(O)CCCC1)Cc1cnc(-c2ccccn2)nc1. The molecule has 1 saturated carbocycles. The molecule has 2 aromatic heterocycles. The average Bonchev–Trinajstić information content (AvgIpc) is 3.02. The van der Waals surface area contributed by atoms with Crippen LogP contribution in [0.1, 0.15) is 37.7 Å². The van der Waals surface area contributed by atoms with Crippen LogP contribution >= 0.6 is 0 Å². The molecule has 5 heteroatoms. The number of aromatic nitrogens is 3. The lowest BCUT2D eigenvalue weighted by Gasteiger charge is -2.25. The van der Waals surface area contributed by atoms with Crippen LogP contribution in [0.25, 0.3) is 11.5 Å². The summed E-state index contributed by atoms with van der Waals surface area (Å²) in [6, 6.07) is 5.72. The van der Waals surface area contributed by atoms with Gasteiger partial charge >= 0.3 is 0 Å². The second-order valence-electron chi connectivity index (χ2n) is 6.55. The summed E-state index contributed by atoms with van der Waals surface area (Å²) in [4.78, 5) is 15.3. The molecule has 3 rings (SSSR count). The van der Waals surface area contributed by atoms with Gasteiger partial charge in [0.05, 0.1) is 5.60 Å². The molecule has 0 atom stereocenters. The quantitative estimate of drug-likeness (QED) is 0.888. The van der Waals surface area contributed by atoms with Gasteiger partial charge in [-0.05, 0) is 38.4 Å². The second-order valence-corrected chi connectivity index (χ2v) is 6.55. The first-order valence-electron chi connectivity index (χ1n) is 8.28. The predicted molar refractivity (Wildman–Crippen MR) is 89.6 cm³/mol. The lowest BCUT2D eigenvalue weighted by atomic mass is 9.98. The lowest BCUT2D eigenvalue weighted by Crippen LogP contribution is -2.31. The molecule has 1 aliphatic rings. The Balaban J connectivity index is 1.53. The molecule has 0 aliphatic heterocycles. The van der Waals surface area contributed by atoms with E-state index in [1.807, 2.05) is 30.6 Å². The van der Waals surface area contributed by atoms with E-state index in [0.717, 1.165) is 56.5 Å². The molecule has 23 heavy (non-hydrogen) atoms. The van der Waals surface area contributed by atoms with Crippen LogP contribution in [0.5, 0.6) is 0 Å². The standard InChI is InChI=1S/C18H24N4O/c1-22(11-9-18(23)7-3-4-8-18)14-15-12-20-17(21-13-15)16-6-2-5-10-19-16/h2,5-6,10,12-13,23H,3-4,7-9,11,14H2,1H3. The minimum Gasteiger partial charge on any atom is -0.390 e. The molecule has 1 aliphatic carbocycles. The molecule has 0 amide bonds. The van der Waals surface area contributed by atoms with Gasteiger partial charge in [-0.2, -0.15) is 0 Å². The molecule has 0 saturated heterocycles. The summed E-state index contributed by atoms with van der Waals surface area (Å²) < 4.78 is 0. The molecule has 0 aromatic carbocycles. The van der Waals surface area contributed by atoms with Crippen molar-refractivity contribution in [2.75, 3.05) is 13.6 Å². The van der Waals surface area contributed by atoms with Gasteiger partial charge in [0.1, 0.15) is 5.69 Å². The third-order valence-corrected chi connectivity index (χ3v) is 4.54. The number of hydrogen-bond acceptors (Lipinski definition) is 5. The van der Waals surface area contributed by atoms with E-state index in [0.29, 0.717) is 5.82 Å². The zero-order valence-electron chi connectivity index (χ0n) is 13.6. The van der Waals surface area contributed by atoms with Crippen LogP contribution in [-0.2, 0) is 6.54 Å². The van der Waals surface area contributed by atoms with Gasteiger partial charge in [0.25, 0.3) is 0 Å². The number of aliphatic hydroxyl groups is 1. The molecule has 1 fully saturated rings. The average molecular weight is 312 g/mol. The van der Waals surface area contributed by atoms with Crippen LogP contribution < -0.4 is 0 Å². The summed E-state index contributed by atoms with van der Waals surface area (Å²) in [5.74, 6) is 0.650. The number of nitrogens with zero attached hydrogens (tertiary/aromatic N) is 4. The number of rotatable bonds is 6. The van der Waals surface area contributed by atoms with Crippen LogP contribution in [0.4, 0.5) is 0 Å². The maximum Gasteiger partial charge on any atom is 0.178 e. The van der Waals surface area contributed by atoms with E-state index >= 15 is 0 Å². The van der Waals surface area contributed by atoms with Gasteiger partial charge < -0.3 is 10.0 Å². The first-order chi connectivity index (χ1) is 11.1. The van der Waals surface area contributed by atoms with Crippen LogP contribution in [0.3, 0.4) is 0 Å². The van der Waals surface area contributed by atoms with E-state index < -0.39 is 5.60 Å². The largest absolute Gasteiger partial charge is 0.390 e. The highest BCUT2D eigenvalue weighted by Crippen LogP contribution is 2.32. The Hall–Kier alpha value is -1.85. The van der Waals surface area contributed by atoms with Crippen molar-refractivity contribution in [1.29, 1.82) is 0 Å². The maximum absolute atomic E-state index is 10.4. The van der Waals surface area contributed by atoms with Gasteiger partial charge in [0.2, 0.25) is 0 Å². The van der Waals surface area contributed by atoms with Gasteiger partial charge in [-0.1, -0.05) is 18.9 Å². The van der Waals surface area contributed by atoms with Gasteiger partial charge in [0.15, 0.2) is 5.82 Å². The fourth-order valence-electron chi connectivity index (χ4n) is 3.14. The van der Waals surface area contributed by atoms with Gasteiger partial charge in [0, 0.05) is 37.2 Å². The summed E-state index contributed by atoms with van der Waals surface area (Å²) in [6.07, 6.45) is 10.5. The third-order valence-electron chi connectivity index (χ3n) is 4.54. The molecular formula is C18H24N4O. The van der Waals surface area contributed by atoms with Crippen molar-refractivity contribution in [1.82, 2.24) is 19.9 Å². The van der Waals surface area contributed by atoms with E-state index in [2.05, 4.69) is 26.9 Å².